The van der Waals surface area contributed by atoms with E-state index in [1.165, 1.54) is 0 Å². The van der Waals surface area contributed by atoms with Gasteiger partial charge in [0, 0.05) is 17.8 Å². The fraction of sp³-hybridized carbons (Fsp3) is 0.250. The van der Waals surface area contributed by atoms with Gasteiger partial charge in [-0.3, -0.25) is 10.2 Å². The number of hydrogen-bond acceptors (Lipinski definition) is 4. The van der Waals surface area contributed by atoms with Crippen molar-refractivity contribution < 1.29 is 4.79 Å². The first kappa shape index (κ1) is 12.7. The molecule has 2 rings (SSSR count). The lowest BCUT2D eigenvalue weighted by Gasteiger charge is -2.12. The van der Waals surface area contributed by atoms with Crippen LogP contribution in [-0.4, -0.2) is 15.9 Å². The molecule has 0 fully saturated rings. The van der Waals surface area contributed by atoms with Gasteiger partial charge in [0.1, 0.15) is 10.8 Å². The summed E-state index contributed by atoms with van der Waals surface area (Å²) in [5, 5.41) is 1.90. The Balaban J connectivity index is 2.79. The molecule has 2 aromatic rings. The Labute approximate surface area is 109 Å². The molecule has 5 nitrogen and oxygen atoms in total. The molecule has 0 bridgehead atoms. The summed E-state index contributed by atoms with van der Waals surface area (Å²) in [4.78, 5) is 19.8. The second kappa shape index (κ2) is 4.88. The summed E-state index contributed by atoms with van der Waals surface area (Å²) in [6, 6.07) is 1.74. The molecule has 2 aromatic heterocycles. The number of fused-ring (bicyclic) bond motifs is 1. The molecule has 0 aromatic carbocycles. The van der Waals surface area contributed by atoms with E-state index in [0.29, 0.717) is 10.5 Å². The van der Waals surface area contributed by atoms with Gasteiger partial charge in [-0.25, -0.2) is 15.8 Å². The van der Waals surface area contributed by atoms with Crippen LogP contribution in [0, 0.1) is 0 Å². The molecule has 0 unspecified atom stereocenters. The standard InChI is InChI=1S/C12H13ClN4O/c1-6(2)8-4-16-11(12(18)17-14)9-5-15-10(13)3-7(8)9/h3-6H,14H2,1-2H3,(H,17,18). The third-order valence-electron chi connectivity index (χ3n) is 2.74. The first-order chi connectivity index (χ1) is 8.54. The van der Waals surface area contributed by atoms with E-state index in [1.54, 1.807) is 18.5 Å². The van der Waals surface area contributed by atoms with Gasteiger partial charge in [-0.05, 0) is 22.9 Å². The summed E-state index contributed by atoms with van der Waals surface area (Å²) in [6.45, 7) is 4.10. The van der Waals surface area contributed by atoms with Gasteiger partial charge >= 0.3 is 0 Å². The number of halogens is 1. The number of carbonyl (C=O) groups is 1. The minimum Gasteiger partial charge on any atom is -0.289 e. The maximum Gasteiger partial charge on any atom is 0.284 e. The van der Waals surface area contributed by atoms with Crippen LogP contribution in [0.4, 0.5) is 0 Å². The average Bonchev–Trinajstić information content (AvgIpc) is 2.35. The van der Waals surface area contributed by atoms with Crippen molar-refractivity contribution in [3.63, 3.8) is 0 Å². The Morgan fingerprint density at radius 3 is 2.67 bits per heavy atom. The molecular weight excluding hydrogens is 252 g/mol. The zero-order valence-corrected chi connectivity index (χ0v) is 10.8. The first-order valence-corrected chi connectivity index (χ1v) is 5.87. The molecule has 0 saturated heterocycles. The highest BCUT2D eigenvalue weighted by atomic mass is 35.5. The molecule has 0 spiro atoms. The van der Waals surface area contributed by atoms with Crippen molar-refractivity contribution in [3.8, 4) is 0 Å². The van der Waals surface area contributed by atoms with Crippen molar-refractivity contribution in [1.29, 1.82) is 0 Å². The number of nitrogens with one attached hydrogen (secondary N) is 1. The van der Waals surface area contributed by atoms with Gasteiger partial charge in [0.25, 0.3) is 5.91 Å². The van der Waals surface area contributed by atoms with Crippen molar-refractivity contribution in [2.24, 2.45) is 5.84 Å². The van der Waals surface area contributed by atoms with E-state index < -0.39 is 5.91 Å². The third-order valence-corrected chi connectivity index (χ3v) is 2.94. The average molecular weight is 265 g/mol. The zero-order chi connectivity index (χ0) is 13.3. The van der Waals surface area contributed by atoms with E-state index in [4.69, 9.17) is 17.4 Å². The number of aromatic nitrogens is 2. The van der Waals surface area contributed by atoms with Crippen molar-refractivity contribution in [2.45, 2.75) is 19.8 Å². The number of rotatable bonds is 2. The Morgan fingerprint density at radius 2 is 2.06 bits per heavy atom. The number of nitrogen functional groups attached to an aromatic ring is 1. The smallest absolute Gasteiger partial charge is 0.284 e. The summed E-state index contributed by atoms with van der Waals surface area (Å²) in [7, 11) is 0. The van der Waals surface area contributed by atoms with Gasteiger partial charge < -0.3 is 0 Å². The molecule has 94 valence electrons. The van der Waals surface area contributed by atoms with E-state index in [1.807, 2.05) is 13.8 Å². The van der Waals surface area contributed by atoms with Crippen LogP contribution in [0.3, 0.4) is 0 Å². The Morgan fingerprint density at radius 1 is 1.33 bits per heavy atom. The normalized spacial score (nSPS) is 10.9. The van der Waals surface area contributed by atoms with Crippen molar-refractivity contribution in [3.05, 3.63) is 34.9 Å². The molecule has 6 heteroatoms. The maximum absolute atomic E-state index is 11.6. The first-order valence-electron chi connectivity index (χ1n) is 5.49. The SMILES string of the molecule is CC(C)c1cnc(C(=O)NN)c2cnc(Cl)cc12. The van der Waals surface area contributed by atoms with Crippen molar-refractivity contribution >= 4 is 28.3 Å². The van der Waals surface area contributed by atoms with E-state index >= 15 is 0 Å². The number of amides is 1. The predicted octanol–water partition coefficient (Wildman–Crippen LogP) is 2.01. The van der Waals surface area contributed by atoms with Gasteiger partial charge in [-0.15, -0.1) is 0 Å². The summed E-state index contributed by atoms with van der Waals surface area (Å²) in [5.74, 6) is 4.96. The highest BCUT2D eigenvalue weighted by Gasteiger charge is 2.15. The number of pyridine rings is 2. The fourth-order valence-electron chi connectivity index (χ4n) is 1.84. The largest absolute Gasteiger partial charge is 0.289 e. The lowest BCUT2D eigenvalue weighted by molar-refractivity contribution is 0.0950. The summed E-state index contributed by atoms with van der Waals surface area (Å²) in [5.41, 5.74) is 3.34. The quantitative estimate of drug-likeness (QED) is 0.376. The molecule has 1 amide bonds. The maximum atomic E-state index is 11.6. The van der Waals surface area contributed by atoms with E-state index in [-0.39, 0.29) is 11.6 Å². The summed E-state index contributed by atoms with van der Waals surface area (Å²) < 4.78 is 0. The van der Waals surface area contributed by atoms with Crippen LogP contribution >= 0.6 is 11.6 Å². The molecule has 3 N–H and O–H groups in total. The zero-order valence-electron chi connectivity index (χ0n) is 10.1. The monoisotopic (exact) mass is 264 g/mol. The fourth-order valence-corrected chi connectivity index (χ4v) is 2.00. The predicted molar refractivity (Wildman–Crippen MR) is 70.3 cm³/mol. The Hall–Kier alpha value is -1.72. The van der Waals surface area contributed by atoms with Crippen LogP contribution in [0.25, 0.3) is 10.8 Å². The highest BCUT2D eigenvalue weighted by molar-refractivity contribution is 6.30. The van der Waals surface area contributed by atoms with Crippen LogP contribution in [0.1, 0.15) is 35.8 Å². The van der Waals surface area contributed by atoms with Gasteiger partial charge in [0.15, 0.2) is 0 Å². The number of hydrogen-bond donors (Lipinski definition) is 2. The van der Waals surface area contributed by atoms with E-state index in [0.717, 1.165) is 10.9 Å². The Kier molecular flexibility index (Phi) is 3.45. The number of hydrazine groups is 1. The second-order valence-corrected chi connectivity index (χ2v) is 4.63. The van der Waals surface area contributed by atoms with E-state index in [9.17, 15) is 4.79 Å². The molecule has 0 aliphatic carbocycles. The minimum absolute atomic E-state index is 0.251. The molecular formula is C12H13ClN4O. The summed E-state index contributed by atoms with van der Waals surface area (Å²) in [6.07, 6.45) is 3.22. The molecule has 0 saturated carbocycles. The van der Waals surface area contributed by atoms with Gasteiger partial charge in [0.05, 0.1) is 0 Å². The van der Waals surface area contributed by atoms with Crippen molar-refractivity contribution in [1.82, 2.24) is 15.4 Å². The lowest BCUT2D eigenvalue weighted by atomic mass is 9.98. The minimum atomic E-state index is -0.445. The van der Waals surface area contributed by atoms with Gasteiger partial charge in [-0.2, -0.15) is 0 Å². The number of nitrogens with two attached hydrogens (primary N) is 1. The molecule has 0 aliphatic heterocycles. The Bertz CT molecular complexity index is 612. The molecule has 0 aliphatic rings. The number of carbonyl (C=O) groups excluding carboxylic acids is 1. The van der Waals surface area contributed by atoms with Crippen LogP contribution in [0.2, 0.25) is 5.15 Å². The van der Waals surface area contributed by atoms with E-state index in [2.05, 4.69) is 15.4 Å². The van der Waals surface area contributed by atoms with Crippen LogP contribution in [0.5, 0.6) is 0 Å². The third kappa shape index (κ3) is 2.14. The van der Waals surface area contributed by atoms with Gasteiger partial charge in [0.2, 0.25) is 0 Å². The topological polar surface area (TPSA) is 80.9 Å². The molecule has 18 heavy (non-hydrogen) atoms. The molecule has 2 heterocycles. The second-order valence-electron chi connectivity index (χ2n) is 4.24. The number of nitrogens with zero attached hydrogens (tertiary/aromatic N) is 2. The lowest BCUT2D eigenvalue weighted by Crippen LogP contribution is -2.31. The van der Waals surface area contributed by atoms with Crippen LogP contribution in [0.15, 0.2) is 18.5 Å². The summed E-state index contributed by atoms with van der Waals surface area (Å²) >= 11 is 5.90. The highest BCUT2D eigenvalue weighted by Crippen LogP contribution is 2.27. The molecule has 0 radical (unpaired) electrons. The molecule has 0 atom stereocenters. The van der Waals surface area contributed by atoms with Crippen LogP contribution in [-0.2, 0) is 0 Å². The van der Waals surface area contributed by atoms with Crippen LogP contribution < -0.4 is 11.3 Å². The van der Waals surface area contributed by atoms with Gasteiger partial charge in [-0.1, -0.05) is 25.4 Å². The van der Waals surface area contributed by atoms with Crippen molar-refractivity contribution in [2.75, 3.05) is 0 Å².